The lowest BCUT2D eigenvalue weighted by Gasteiger charge is -2.06. The van der Waals surface area contributed by atoms with Gasteiger partial charge in [0.1, 0.15) is 5.75 Å². The SMILES string of the molecule is O=[N+]([O-])c1ccc(Cl)c(OCCCCCl)c1. The third-order valence-electron chi connectivity index (χ3n) is 1.91. The van der Waals surface area contributed by atoms with Crippen molar-refractivity contribution >= 4 is 28.9 Å². The second-order valence-corrected chi connectivity index (χ2v) is 3.90. The maximum absolute atomic E-state index is 10.5. The first kappa shape index (κ1) is 13.1. The second-order valence-electron chi connectivity index (χ2n) is 3.12. The number of ether oxygens (including phenoxy) is 1. The summed E-state index contributed by atoms with van der Waals surface area (Å²) in [5, 5.41) is 10.9. The molecular formula is C10H11Cl2NO3. The highest BCUT2D eigenvalue weighted by molar-refractivity contribution is 6.32. The number of nitrogens with zero attached hydrogens (tertiary/aromatic N) is 1. The minimum atomic E-state index is -0.484. The third-order valence-corrected chi connectivity index (χ3v) is 2.49. The van der Waals surface area contributed by atoms with Crippen molar-refractivity contribution in [3.05, 3.63) is 33.3 Å². The number of hydrogen-bond donors (Lipinski definition) is 0. The lowest BCUT2D eigenvalue weighted by Crippen LogP contribution is -1.99. The molecule has 0 unspecified atom stereocenters. The maximum atomic E-state index is 10.5. The predicted molar refractivity (Wildman–Crippen MR) is 63.6 cm³/mol. The Morgan fingerprint density at radius 1 is 1.38 bits per heavy atom. The van der Waals surface area contributed by atoms with E-state index in [9.17, 15) is 10.1 Å². The number of non-ortho nitro benzene ring substituents is 1. The van der Waals surface area contributed by atoms with Gasteiger partial charge >= 0.3 is 0 Å². The van der Waals surface area contributed by atoms with E-state index in [1.807, 2.05) is 0 Å². The summed E-state index contributed by atoms with van der Waals surface area (Å²) >= 11 is 11.4. The number of unbranched alkanes of at least 4 members (excludes halogenated alkanes) is 1. The molecule has 0 atom stereocenters. The average molecular weight is 264 g/mol. The van der Waals surface area contributed by atoms with E-state index in [1.54, 1.807) is 0 Å². The van der Waals surface area contributed by atoms with Gasteiger partial charge in [-0.15, -0.1) is 11.6 Å². The summed E-state index contributed by atoms with van der Waals surface area (Å²) in [6, 6.07) is 4.12. The Labute approximate surface area is 103 Å². The van der Waals surface area contributed by atoms with Crippen molar-refractivity contribution in [3.8, 4) is 5.75 Å². The Hall–Kier alpha value is -1.00. The highest BCUT2D eigenvalue weighted by Crippen LogP contribution is 2.28. The van der Waals surface area contributed by atoms with E-state index in [1.165, 1.54) is 18.2 Å². The van der Waals surface area contributed by atoms with E-state index in [0.717, 1.165) is 12.8 Å². The van der Waals surface area contributed by atoms with E-state index in [4.69, 9.17) is 27.9 Å². The van der Waals surface area contributed by atoms with Crippen LogP contribution < -0.4 is 4.74 Å². The molecule has 0 spiro atoms. The Bertz CT molecular complexity index is 371. The van der Waals surface area contributed by atoms with Crippen LogP contribution in [0, 0.1) is 10.1 Å². The van der Waals surface area contributed by atoms with Gasteiger partial charge in [-0.05, 0) is 18.9 Å². The first-order valence-corrected chi connectivity index (χ1v) is 5.69. The smallest absolute Gasteiger partial charge is 0.273 e. The Balaban J connectivity index is 2.63. The molecule has 0 N–H and O–H groups in total. The minimum absolute atomic E-state index is 0.0308. The molecule has 16 heavy (non-hydrogen) atoms. The normalized spacial score (nSPS) is 10.1. The van der Waals surface area contributed by atoms with E-state index < -0.39 is 4.92 Å². The number of halogens is 2. The summed E-state index contributed by atoms with van der Waals surface area (Å²) in [6.45, 7) is 0.452. The van der Waals surface area contributed by atoms with E-state index in [2.05, 4.69) is 0 Å². The number of benzene rings is 1. The third kappa shape index (κ3) is 3.87. The molecule has 1 rings (SSSR count). The fourth-order valence-electron chi connectivity index (χ4n) is 1.09. The first-order chi connectivity index (χ1) is 7.65. The van der Waals surface area contributed by atoms with Crippen LogP contribution in [-0.4, -0.2) is 17.4 Å². The predicted octanol–water partition coefficient (Wildman–Crippen LogP) is 3.65. The molecule has 0 aliphatic heterocycles. The van der Waals surface area contributed by atoms with Crippen molar-refractivity contribution in [3.63, 3.8) is 0 Å². The summed E-state index contributed by atoms with van der Waals surface area (Å²) in [4.78, 5) is 10.0. The van der Waals surface area contributed by atoms with Gasteiger partial charge in [-0.3, -0.25) is 10.1 Å². The fourth-order valence-corrected chi connectivity index (χ4v) is 1.46. The average Bonchev–Trinajstić information content (AvgIpc) is 2.26. The van der Waals surface area contributed by atoms with Gasteiger partial charge in [0.25, 0.3) is 5.69 Å². The lowest BCUT2D eigenvalue weighted by atomic mass is 10.3. The van der Waals surface area contributed by atoms with Crippen molar-refractivity contribution in [2.45, 2.75) is 12.8 Å². The summed E-state index contributed by atoms with van der Waals surface area (Å²) in [7, 11) is 0. The van der Waals surface area contributed by atoms with Crippen molar-refractivity contribution in [1.29, 1.82) is 0 Å². The molecule has 0 aliphatic carbocycles. The standard InChI is InChI=1S/C10H11Cl2NO3/c11-5-1-2-6-16-10-7-8(13(14)15)3-4-9(10)12/h3-4,7H,1-2,5-6H2. The second kappa shape index (κ2) is 6.55. The van der Waals surface area contributed by atoms with Crippen molar-refractivity contribution in [2.24, 2.45) is 0 Å². The molecule has 0 aromatic heterocycles. The van der Waals surface area contributed by atoms with Crippen LogP contribution >= 0.6 is 23.2 Å². The van der Waals surface area contributed by atoms with Crippen LogP contribution in [0.1, 0.15) is 12.8 Å². The monoisotopic (exact) mass is 263 g/mol. The van der Waals surface area contributed by atoms with E-state index in [0.29, 0.717) is 23.3 Å². The fraction of sp³-hybridized carbons (Fsp3) is 0.400. The first-order valence-electron chi connectivity index (χ1n) is 4.78. The van der Waals surface area contributed by atoms with Crippen LogP contribution in [0.25, 0.3) is 0 Å². The minimum Gasteiger partial charge on any atom is -0.492 e. The topological polar surface area (TPSA) is 52.4 Å². The quantitative estimate of drug-likeness (QED) is 0.341. The molecule has 0 fully saturated rings. The molecule has 1 aromatic rings. The zero-order valence-electron chi connectivity index (χ0n) is 8.49. The van der Waals surface area contributed by atoms with Gasteiger partial charge in [0, 0.05) is 11.9 Å². The Morgan fingerprint density at radius 2 is 2.12 bits per heavy atom. The van der Waals surface area contributed by atoms with Crippen molar-refractivity contribution in [2.75, 3.05) is 12.5 Å². The van der Waals surface area contributed by atoms with Gasteiger partial charge in [-0.25, -0.2) is 0 Å². The molecule has 0 saturated heterocycles. The van der Waals surface area contributed by atoms with Gasteiger partial charge in [-0.1, -0.05) is 11.6 Å². The molecule has 6 heteroatoms. The van der Waals surface area contributed by atoms with Gasteiger partial charge in [0.05, 0.1) is 22.6 Å². The summed E-state index contributed by atoms with van der Waals surface area (Å²) in [6.07, 6.45) is 1.64. The zero-order chi connectivity index (χ0) is 12.0. The van der Waals surface area contributed by atoms with E-state index in [-0.39, 0.29) is 5.69 Å². The van der Waals surface area contributed by atoms with Crippen molar-refractivity contribution in [1.82, 2.24) is 0 Å². The lowest BCUT2D eigenvalue weighted by molar-refractivity contribution is -0.384. The number of nitro groups is 1. The molecule has 0 aliphatic rings. The molecule has 1 aromatic carbocycles. The number of alkyl halides is 1. The summed E-state index contributed by atoms with van der Waals surface area (Å²) < 4.78 is 5.33. The van der Waals surface area contributed by atoms with Gasteiger partial charge in [0.2, 0.25) is 0 Å². The van der Waals surface area contributed by atoms with Gasteiger partial charge in [0.15, 0.2) is 0 Å². The van der Waals surface area contributed by atoms with Crippen LogP contribution in [0.4, 0.5) is 5.69 Å². The van der Waals surface area contributed by atoms with Crippen molar-refractivity contribution < 1.29 is 9.66 Å². The van der Waals surface area contributed by atoms with E-state index >= 15 is 0 Å². The maximum Gasteiger partial charge on any atom is 0.273 e. The highest BCUT2D eigenvalue weighted by atomic mass is 35.5. The summed E-state index contributed by atoms with van der Waals surface area (Å²) in [5.74, 6) is 0.914. The molecule has 88 valence electrons. The molecule has 0 saturated carbocycles. The highest BCUT2D eigenvalue weighted by Gasteiger charge is 2.10. The number of nitro benzene ring substituents is 1. The summed E-state index contributed by atoms with van der Waals surface area (Å²) in [5.41, 5.74) is -0.0308. The van der Waals surface area contributed by atoms with Crippen LogP contribution in [0.2, 0.25) is 5.02 Å². The van der Waals surface area contributed by atoms with Crippen LogP contribution in [0.5, 0.6) is 5.75 Å². The van der Waals surface area contributed by atoms with Gasteiger partial charge in [-0.2, -0.15) is 0 Å². The largest absolute Gasteiger partial charge is 0.492 e. The van der Waals surface area contributed by atoms with Crippen LogP contribution in [-0.2, 0) is 0 Å². The molecule has 0 amide bonds. The molecule has 0 radical (unpaired) electrons. The van der Waals surface area contributed by atoms with Gasteiger partial charge < -0.3 is 4.74 Å². The molecular weight excluding hydrogens is 253 g/mol. The Morgan fingerprint density at radius 3 is 2.75 bits per heavy atom. The van der Waals surface area contributed by atoms with Crippen LogP contribution in [0.15, 0.2) is 18.2 Å². The molecule has 0 bridgehead atoms. The Kier molecular flexibility index (Phi) is 5.35. The number of rotatable bonds is 6. The van der Waals surface area contributed by atoms with Crippen LogP contribution in [0.3, 0.4) is 0 Å². The molecule has 0 heterocycles. The zero-order valence-corrected chi connectivity index (χ0v) is 10.0. The number of hydrogen-bond acceptors (Lipinski definition) is 3. The molecule has 4 nitrogen and oxygen atoms in total.